The van der Waals surface area contributed by atoms with Crippen LogP contribution in [0.4, 0.5) is 4.39 Å². The molecule has 0 unspecified atom stereocenters. The van der Waals surface area contributed by atoms with E-state index in [0.29, 0.717) is 17.9 Å². The summed E-state index contributed by atoms with van der Waals surface area (Å²) < 4.78 is 18.7. The highest BCUT2D eigenvalue weighted by atomic mass is 19.1. The summed E-state index contributed by atoms with van der Waals surface area (Å²) in [7, 11) is 0. The smallest absolute Gasteiger partial charge is 0.130 e. The highest BCUT2D eigenvalue weighted by molar-refractivity contribution is 5.38. The fraction of sp³-hybridized carbons (Fsp3) is 0.250. The lowest BCUT2D eigenvalue weighted by molar-refractivity contribution is 0.173. The first kappa shape index (κ1) is 13.6. The van der Waals surface area contributed by atoms with Gasteiger partial charge in [0.05, 0.1) is 6.10 Å². The molecule has 100 valence electrons. The number of aliphatic hydroxyl groups is 1. The van der Waals surface area contributed by atoms with Gasteiger partial charge in [-0.1, -0.05) is 19.1 Å². The van der Waals surface area contributed by atoms with Crippen LogP contribution in [0.15, 0.2) is 42.5 Å². The Morgan fingerprint density at radius 1 is 1.16 bits per heavy atom. The second-order valence-electron chi connectivity index (χ2n) is 4.50. The molecule has 0 aliphatic heterocycles. The van der Waals surface area contributed by atoms with Gasteiger partial charge in [0.2, 0.25) is 0 Å². The van der Waals surface area contributed by atoms with Crippen molar-refractivity contribution in [3.05, 3.63) is 59.4 Å². The molecule has 19 heavy (non-hydrogen) atoms. The number of halogens is 1. The summed E-state index contributed by atoms with van der Waals surface area (Å²) in [5.74, 6) is 1.03. The second-order valence-corrected chi connectivity index (χ2v) is 4.50. The number of hydrogen-bond donors (Lipinski definition) is 1. The Hall–Kier alpha value is -1.87. The highest BCUT2D eigenvalue weighted by Gasteiger charge is 2.06. The van der Waals surface area contributed by atoms with Crippen LogP contribution in [0.25, 0.3) is 0 Å². The molecule has 0 radical (unpaired) electrons. The maximum atomic E-state index is 13.0. The summed E-state index contributed by atoms with van der Waals surface area (Å²) in [6, 6.07) is 11.7. The average Bonchev–Trinajstić information content (AvgIpc) is 2.42. The summed E-state index contributed by atoms with van der Waals surface area (Å²) >= 11 is 0. The molecule has 0 fully saturated rings. The van der Waals surface area contributed by atoms with Gasteiger partial charge in [-0.2, -0.15) is 0 Å². The van der Waals surface area contributed by atoms with E-state index in [9.17, 15) is 9.50 Å². The minimum atomic E-state index is -0.443. The average molecular weight is 260 g/mol. The molecule has 2 rings (SSSR count). The molecule has 0 aromatic heterocycles. The monoisotopic (exact) mass is 260 g/mol. The summed E-state index contributed by atoms with van der Waals surface area (Å²) in [6.07, 6.45) is 0.235. The fourth-order valence-corrected chi connectivity index (χ4v) is 1.85. The third-order valence-corrected chi connectivity index (χ3v) is 3.02. The van der Waals surface area contributed by atoms with Crippen molar-refractivity contribution >= 4 is 0 Å². The van der Waals surface area contributed by atoms with Crippen LogP contribution in [0.1, 0.15) is 30.6 Å². The number of aryl methyl sites for hydroxylation is 1. The maximum absolute atomic E-state index is 13.0. The van der Waals surface area contributed by atoms with Gasteiger partial charge < -0.3 is 9.84 Å². The molecule has 0 heterocycles. The molecule has 2 aromatic rings. The van der Waals surface area contributed by atoms with Gasteiger partial charge in [-0.3, -0.25) is 0 Å². The molecule has 0 bridgehead atoms. The normalized spacial score (nSPS) is 12.2. The van der Waals surface area contributed by atoms with E-state index in [-0.39, 0.29) is 5.82 Å². The van der Waals surface area contributed by atoms with Crippen molar-refractivity contribution in [1.82, 2.24) is 0 Å². The van der Waals surface area contributed by atoms with E-state index in [1.54, 1.807) is 25.1 Å². The number of ether oxygens (including phenoxy) is 1. The Bertz CT molecular complexity index is 549. The maximum Gasteiger partial charge on any atom is 0.130 e. The highest BCUT2D eigenvalue weighted by Crippen LogP contribution is 2.27. The lowest BCUT2D eigenvalue weighted by Gasteiger charge is -2.11. The van der Waals surface area contributed by atoms with Gasteiger partial charge in [-0.15, -0.1) is 0 Å². The third-order valence-electron chi connectivity index (χ3n) is 3.02. The quantitative estimate of drug-likeness (QED) is 0.884. The zero-order valence-electron chi connectivity index (χ0n) is 11.1. The van der Waals surface area contributed by atoms with Crippen molar-refractivity contribution in [2.45, 2.75) is 26.4 Å². The van der Waals surface area contributed by atoms with E-state index in [0.717, 1.165) is 11.1 Å². The van der Waals surface area contributed by atoms with Crippen molar-refractivity contribution in [2.75, 3.05) is 0 Å². The topological polar surface area (TPSA) is 29.5 Å². The lowest BCUT2D eigenvalue weighted by Crippen LogP contribution is -1.95. The van der Waals surface area contributed by atoms with E-state index in [2.05, 4.69) is 0 Å². The Labute approximate surface area is 112 Å². The van der Waals surface area contributed by atoms with E-state index < -0.39 is 6.10 Å². The molecule has 0 aliphatic rings. The van der Waals surface area contributed by atoms with Crippen LogP contribution in [0.5, 0.6) is 11.5 Å². The zero-order valence-corrected chi connectivity index (χ0v) is 11.1. The van der Waals surface area contributed by atoms with Gasteiger partial charge in [0.1, 0.15) is 17.3 Å². The number of rotatable bonds is 4. The van der Waals surface area contributed by atoms with Crippen molar-refractivity contribution < 1.29 is 14.2 Å². The molecule has 1 atom stereocenters. The number of aliphatic hydroxyl groups excluding tert-OH is 1. The van der Waals surface area contributed by atoms with Crippen molar-refractivity contribution in [1.29, 1.82) is 0 Å². The van der Waals surface area contributed by atoms with E-state index in [4.69, 9.17) is 4.74 Å². The zero-order chi connectivity index (χ0) is 13.8. The summed E-state index contributed by atoms with van der Waals surface area (Å²) in [4.78, 5) is 0. The van der Waals surface area contributed by atoms with Crippen molar-refractivity contribution in [2.24, 2.45) is 0 Å². The predicted molar refractivity (Wildman–Crippen MR) is 72.9 cm³/mol. The Kier molecular flexibility index (Phi) is 4.17. The predicted octanol–water partition coefficient (Wildman–Crippen LogP) is 4.37. The Balaban J connectivity index is 2.15. The van der Waals surface area contributed by atoms with Crippen LogP contribution in [-0.2, 0) is 0 Å². The van der Waals surface area contributed by atoms with Crippen LogP contribution < -0.4 is 4.74 Å². The number of hydrogen-bond acceptors (Lipinski definition) is 2. The molecule has 0 saturated heterocycles. The van der Waals surface area contributed by atoms with Crippen LogP contribution in [0, 0.1) is 12.7 Å². The Morgan fingerprint density at radius 2 is 1.84 bits per heavy atom. The van der Waals surface area contributed by atoms with Gasteiger partial charge in [-0.05, 0) is 54.8 Å². The first-order chi connectivity index (χ1) is 9.10. The van der Waals surface area contributed by atoms with Gasteiger partial charge in [0.15, 0.2) is 0 Å². The van der Waals surface area contributed by atoms with Gasteiger partial charge >= 0.3 is 0 Å². The minimum Gasteiger partial charge on any atom is -0.457 e. The van der Waals surface area contributed by atoms with Gasteiger partial charge in [-0.25, -0.2) is 4.39 Å². The van der Waals surface area contributed by atoms with Crippen molar-refractivity contribution in [3.63, 3.8) is 0 Å². The molecular formula is C16H17FO2. The second kappa shape index (κ2) is 5.85. The van der Waals surface area contributed by atoms with Gasteiger partial charge in [0, 0.05) is 0 Å². The summed E-state index contributed by atoms with van der Waals surface area (Å²) in [5, 5.41) is 9.70. The van der Waals surface area contributed by atoms with E-state index in [1.807, 2.05) is 19.1 Å². The van der Waals surface area contributed by atoms with Crippen LogP contribution in [0.3, 0.4) is 0 Å². The first-order valence-electron chi connectivity index (χ1n) is 6.32. The minimum absolute atomic E-state index is 0.272. The van der Waals surface area contributed by atoms with Crippen LogP contribution in [0.2, 0.25) is 0 Å². The molecule has 0 spiro atoms. The van der Waals surface area contributed by atoms with E-state index >= 15 is 0 Å². The Morgan fingerprint density at radius 3 is 2.42 bits per heavy atom. The van der Waals surface area contributed by atoms with E-state index in [1.165, 1.54) is 12.1 Å². The van der Waals surface area contributed by atoms with Crippen LogP contribution >= 0.6 is 0 Å². The summed E-state index contributed by atoms with van der Waals surface area (Å²) in [5.41, 5.74) is 1.61. The van der Waals surface area contributed by atoms with Crippen molar-refractivity contribution in [3.8, 4) is 11.5 Å². The molecule has 1 N–H and O–H groups in total. The first-order valence-corrected chi connectivity index (χ1v) is 6.32. The van der Waals surface area contributed by atoms with Crippen LogP contribution in [-0.4, -0.2) is 5.11 Å². The number of benzene rings is 2. The molecule has 3 heteroatoms. The largest absolute Gasteiger partial charge is 0.457 e. The molecule has 0 aliphatic carbocycles. The third kappa shape index (κ3) is 3.32. The molecule has 0 amide bonds. The fourth-order valence-electron chi connectivity index (χ4n) is 1.85. The summed E-state index contributed by atoms with van der Waals surface area (Å²) in [6.45, 7) is 3.73. The molecule has 0 saturated carbocycles. The van der Waals surface area contributed by atoms with Gasteiger partial charge in [0.25, 0.3) is 0 Å². The molecule has 2 nitrogen and oxygen atoms in total. The standard InChI is InChI=1S/C16H17FO2/c1-3-15(18)12-4-7-14(8-5-12)19-16-9-6-13(17)10-11(16)2/h4-10,15,18H,3H2,1-2H3/t15-/m0/s1. The SMILES string of the molecule is CC[C@H](O)c1ccc(Oc2ccc(F)cc2C)cc1. The molecule has 2 aromatic carbocycles. The molecular weight excluding hydrogens is 243 g/mol. The lowest BCUT2D eigenvalue weighted by atomic mass is 10.1.